The number of cyclic esters (lactones) is 1. The molecule has 2 N–H and O–H groups in total. The Labute approximate surface area is 174 Å². The van der Waals surface area contributed by atoms with E-state index in [1.54, 1.807) is 10.6 Å². The summed E-state index contributed by atoms with van der Waals surface area (Å²) < 4.78 is 7.31. The number of nitrogens with zero attached hydrogens (tertiary/aromatic N) is 2. The smallest absolute Gasteiger partial charge is 0.340 e. The topological polar surface area (TPSA) is 102 Å². The summed E-state index contributed by atoms with van der Waals surface area (Å²) in [6.07, 6.45) is -1.48. The zero-order chi connectivity index (χ0) is 20.9. The fourth-order valence-electron chi connectivity index (χ4n) is 3.86. The number of hydrogen-bond donors (Lipinski definition) is 2. The Kier molecular flexibility index (Phi) is 5.02. The van der Waals surface area contributed by atoms with Gasteiger partial charge < -0.3 is 19.5 Å². The number of esters is 1. The lowest BCUT2D eigenvalue weighted by Gasteiger charge is -2.21. The van der Waals surface area contributed by atoms with Gasteiger partial charge >= 0.3 is 5.97 Å². The normalized spacial score (nSPS) is 16.4. The van der Waals surface area contributed by atoms with Crippen molar-refractivity contribution in [2.24, 2.45) is 0 Å². The first kappa shape index (κ1) is 19.8. The van der Waals surface area contributed by atoms with E-state index >= 15 is 0 Å². The Bertz CT molecular complexity index is 1220. The second-order valence-electron chi connectivity index (χ2n) is 6.60. The highest BCUT2D eigenvalue weighted by Crippen LogP contribution is 2.38. The van der Waals surface area contributed by atoms with E-state index in [2.05, 4.69) is 15.9 Å². The molecule has 5 rings (SSSR count). The van der Waals surface area contributed by atoms with Crippen LogP contribution in [0.25, 0.3) is 22.3 Å². The van der Waals surface area contributed by atoms with Crippen molar-refractivity contribution in [1.82, 2.24) is 9.55 Å². The highest BCUT2D eigenvalue weighted by atomic mass is 79.9. The van der Waals surface area contributed by atoms with Gasteiger partial charge in [0.2, 0.25) is 0 Å². The minimum absolute atomic E-state index is 0.157. The molecule has 0 radical (unpaired) electrons. The van der Waals surface area contributed by atoms with Crippen molar-refractivity contribution in [3.05, 3.63) is 61.3 Å². The predicted octanol–water partition coefficient (Wildman–Crippen LogP) is 2.80. The molecule has 0 bridgehead atoms. The van der Waals surface area contributed by atoms with Crippen LogP contribution in [0.5, 0.6) is 0 Å². The molecule has 0 amide bonds. The molecule has 2 aliphatic rings. The number of ether oxygens (including phenoxy) is 1. The lowest BCUT2D eigenvalue weighted by Crippen LogP contribution is -2.32. The van der Waals surface area contributed by atoms with Gasteiger partial charge in [-0.05, 0) is 29.8 Å². The molecule has 0 spiro atoms. The van der Waals surface area contributed by atoms with E-state index < -0.39 is 12.1 Å². The Balaban J connectivity index is 0.000000994. The van der Waals surface area contributed by atoms with Crippen LogP contribution >= 0.6 is 15.9 Å². The number of pyridine rings is 2. The van der Waals surface area contributed by atoms with Gasteiger partial charge in [-0.2, -0.15) is 0 Å². The van der Waals surface area contributed by atoms with Gasteiger partial charge in [0.1, 0.15) is 6.61 Å². The van der Waals surface area contributed by atoms with Gasteiger partial charge in [-0.1, -0.05) is 29.8 Å². The highest BCUT2D eigenvalue weighted by Gasteiger charge is 2.34. The molecule has 1 unspecified atom stereocenters. The van der Waals surface area contributed by atoms with Gasteiger partial charge in [-0.25, -0.2) is 9.78 Å². The third kappa shape index (κ3) is 2.90. The first-order chi connectivity index (χ1) is 14.0. The molecule has 3 aromatic rings. The lowest BCUT2D eigenvalue weighted by atomic mass is 9.99. The summed E-state index contributed by atoms with van der Waals surface area (Å²) in [5.74, 6) is -0.766. The number of carbonyl (C=O) groups is 1. The number of aromatic nitrogens is 2. The van der Waals surface area contributed by atoms with E-state index in [4.69, 9.17) is 9.72 Å². The first-order valence-electron chi connectivity index (χ1n) is 9.33. The first-order valence-corrected chi connectivity index (χ1v) is 10.1. The van der Waals surface area contributed by atoms with Gasteiger partial charge in [0.05, 0.1) is 35.6 Å². The van der Waals surface area contributed by atoms with Crippen molar-refractivity contribution < 1.29 is 19.7 Å². The molecule has 0 aliphatic carbocycles. The molecule has 2 aliphatic heterocycles. The predicted molar refractivity (Wildman–Crippen MR) is 110 cm³/mol. The third-order valence-corrected chi connectivity index (χ3v) is 5.69. The molecule has 29 heavy (non-hydrogen) atoms. The zero-order valence-corrected chi connectivity index (χ0v) is 17.5. The number of carbonyl (C=O) groups excluding carboxylic acids is 1. The largest absolute Gasteiger partial charge is 0.458 e. The average Bonchev–Trinajstić information content (AvgIpc) is 3.09. The van der Waals surface area contributed by atoms with Crippen LogP contribution in [0, 0.1) is 0 Å². The SMILES string of the molecule is CC.O=C1OCc2c(cc3n(c2=O)Cc2c-3nc3ccc(Br)cc3c2CO)C1O. The Morgan fingerprint density at radius 1 is 1.24 bits per heavy atom. The summed E-state index contributed by atoms with van der Waals surface area (Å²) in [4.78, 5) is 29.3. The minimum atomic E-state index is -1.48. The van der Waals surface area contributed by atoms with E-state index in [0.29, 0.717) is 22.5 Å². The van der Waals surface area contributed by atoms with Crippen LogP contribution in [0.1, 0.15) is 42.2 Å². The third-order valence-electron chi connectivity index (χ3n) is 5.19. The van der Waals surface area contributed by atoms with Crippen LogP contribution in [0.2, 0.25) is 0 Å². The maximum absolute atomic E-state index is 12.9. The van der Waals surface area contributed by atoms with Crippen LogP contribution in [0.3, 0.4) is 0 Å². The fourth-order valence-corrected chi connectivity index (χ4v) is 4.22. The lowest BCUT2D eigenvalue weighted by molar-refractivity contribution is -0.157. The van der Waals surface area contributed by atoms with E-state index in [1.165, 1.54) is 0 Å². The number of aliphatic hydroxyl groups is 2. The van der Waals surface area contributed by atoms with E-state index in [1.807, 2.05) is 32.0 Å². The summed E-state index contributed by atoms with van der Waals surface area (Å²) >= 11 is 3.43. The van der Waals surface area contributed by atoms with Crippen molar-refractivity contribution in [1.29, 1.82) is 0 Å². The maximum Gasteiger partial charge on any atom is 0.340 e. The Hall–Kier alpha value is -2.55. The fraction of sp³-hybridized carbons (Fsp3) is 0.286. The Morgan fingerprint density at radius 3 is 2.72 bits per heavy atom. The van der Waals surface area contributed by atoms with Crippen molar-refractivity contribution in [2.75, 3.05) is 0 Å². The molecule has 2 aromatic heterocycles. The van der Waals surface area contributed by atoms with Crippen molar-refractivity contribution in [3.63, 3.8) is 0 Å². The van der Waals surface area contributed by atoms with Gasteiger partial charge in [-0.15, -0.1) is 0 Å². The second-order valence-corrected chi connectivity index (χ2v) is 7.52. The molecular formula is C21H19BrN2O5. The second kappa shape index (κ2) is 7.37. The number of halogens is 1. The molecule has 8 heteroatoms. The maximum atomic E-state index is 12.9. The van der Waals surface area contributed by atoms with Gasteiger partial charge in [0.25, 0.3) is 5.56 Å². The molecular weight excluding hydrogens is 440 g/mol. The number of hydrogen-bond acceptors (Lipinski definition) is 6. The standard InChI is InChI=1S/C19H13BrN2O5.C2H6/c20-8-1-2-14-9(3-8)12(6-23)11-5-22-15(16(11)21-14)4-10-13(18(22)25)7-27-19(26)17(10)24;1-2/h1-4,17,23-24H,5-7H2;1-2H3. The molecule has 1 aromatic carbocycles. The summed E-state index contributed by atoms with van der Waals surface area (Å²) in [5, 5.41) is 21.0. The van der Waals surface area contributed by atoms with Gasteiger partial charge in [-0.3, -0.25) is 4.79 Å². The van der Waals surface area contributed by atoms with Crippen molar-refractivity contribution >= 4 is 32.8 Å². The van der Waals surface area contributed by atoms with E-state index in [-0.39, 0.29) is 36.4 Å². The monoisotopic (exact) mass is 458 g/mol. The summed E-state index contributed by atoms with van der Waals surface area (Å²) in [6.45, 7) is 3.92. The van der Waals surface area contributed by atoms with Crippen LogP contribution in [0.4, 0.5) is 0 Å². The molecule has 1 atom stereocenters. The summed E-state index contributed by atoms with van der Waals surface area (Å²) in [7, 11) is 0. The molecule has 7 nitrogen and oxygen atoms in total. The summed E-state index contributed by atoms with van der Waals surface area (Å²) in [6, 6.07) is 7.22. The molecule has 150 valence electrons. The number of aliphatic hydroxyl groups excluding tert-OH is 2. The zero-order valence-electron chi connectivity index (χ0n) is 15.9. The van der Waals surface area contributed by atoms with E-state index in [9.17, 15) is 19.8 Å². The van der Waals surface area contributed by atoms with Crippen LogP contribution in [-0.2, 0) is 29.3 Å². The van der Waals surface area contributed by atoms with Crippen molar-refractivity contribution in [2.45, 2.75) is 39.7 Å². The number of rotatable bonds is 1. The van der Waals surface area contributed by atoms with Gasteiger partial charge in [0.15, 0.2) is 6.10 Å². The molecule has 0 saturated carbocycles. The highest BCUT2D eigenvalue weighted by molar-refractivity contribution is 9.10. The number of fused-ring (bicyclic) bond motifs is 5. The van der Waals surface area contributed by atoms with Crippen molar-refractivity contribution in [3.8, 4) is 11.4 Å². The number of benzene rings is 1. The quantitative estimate of drug-likeness (QED) is 0.425. The van der Waals surface area contributed by atoms with E-state index in [0.717, 1.165) is 15.4 Å². The van der Waals surface area contributed by atoms with Crippen LogP contribution < -0.4 is 5.56 Å². The summed E-state index contributed by atoms with van der Waals surface area (Å²) in [5.41, 5.74) is 3.51. The van der Waals surface area contributed by atoms with Crippen LogP contribution in [0.15, 0.2) is 33.5 Å². The van der Waals surface area contributed by atoms with Gasteiger partial charge in [0, 0.05) is 21.0 Å². The minimum Gasteiger partial charge on any atom is -0.458 e. The van der Waals surface area contributed by atoms with Crippen LogP contribution in [-0.4, -0.2) is 25.7 Å². The molecule has 4 heterocycles. The molecule has 0 fully saturated rings. The average molecular weight is 459 g/mol. The molecule has 0 saturated heterocycles. The Morgan fingerprint density at radius 2 is 2.00 bits per heavy atom.